The van der Waals surface area contributed by atoms with E-state index >= 15 is 0 Å². The molecule has 0 fully saturated rings. The molecule has 0 saturated heterocycles. The number of hydrogen-bond donors (Lipinski definition) is 1. The van der Waals surface area contributed by atoms with Crippen LogP contribution in [0.3, 0.4) is 0 Å². The van der Waals surface area contributed by atoms with E-state index in [0.717, 1.165) is 0 Å². The van der Waals surface area contributed by atoms with Gasteiger partial charge in [-0.1, -0.05) is 0 Å². The van der Waals surface area contributed by atoms with Gasteiger partial charge in [0.15, 0.2) is 0 Å². The molecule has 0 radical (unpaired) electrons. The summed E-state index contributed by atoms with van der Waals surface area (Å²) < 4.78 is 15.2. The maximum absolute atomic E-state index is 12.1. The van der Waals surface area contributed by atoms with Crippen LogP contribution in [0, 0.1) is 0 Å². The van der Waals surface area contributed by atoms with Gasteiger partial charge in [0, 0.05) is 24.6 Å². The fourth-order valence-electron chi connectivity index (χ4n) is 1.97. The third kappa shape index (κ3) is 3.41. The van der Waals surface area contributed by atoms with Crippen molar-refractivity contribution in [1.82, 2.24) is 5.32 Å². The second kappa shape index (κ2) is 6.41. The summed E-state index contributed by atoms with van der Waals surface area (Å²) in [5.41, 5.74) is -0.339. The number of fused-ring (bicyclic) bond motifs is 1. The Bertz CT molecular complexity index is 707. The first-order chi connectivity index (χ1) is 10.0. The summed E-state index contributed by atoms with van der Waals surface area (Å²) in [7, 11) is 3.07. The number of ether oxygens (including phenoxy) is 2. The van der Waals surface area contributed by atoms with Crippen molar-refractivity contribution in [2.75, 3.05) is 20.8 Å². The van der Waals surface area contributed by atoms with Crippen molar-refractivity contribution in [3.63, 3.8) is 0 Å². The zero-order valence-corrected chi connectivity index (χ0v) is 12.1. The van der Waals surface area contributed by atoms with Gasteiger partial charge in [-0.25, -0.2) is 4.79 Å². The predicted octanol–water partition coefficient (Wildman–Crippen LogP) is 1.57. The Kier molecular flexibility index (Phi) is 4.59. The highest BCUT2D eigenvalue weighted by Gasteiger charge is 2.16. The van der Waals surface area contributed by atoms with Crippen LogP contribution in [0.1, 0.15) is 17.3 Å². The average Bonchev–Trinajstić information content (AvgIpc) is 2.45. The monoisotopic (exact) mass is 291 g/mol. The third-order valence-corrected chi connectivity index (χ3v) is 2.98. The molecule has 0 spiro atoms. The molecular weight excluding hydrogens is 274 g/mol. The summed E-state index contributed by atoms with van der Waals surface area (Å²) in [6.45, 7) is 2.15. The Labute approximate surface area is 121 Å². The fraction of sp³-hybridized carbons (Fsp3) is 0.333. The van der Waals surface area contributed by atoms with E-state index < -0.39 is 11.5 Å². The van der Waals surface area contributed by atoms with Crippen LogP contribution in [0.25, 0.3) is 11.0 Å². The SMILES string of the molecule is COC[C@@H](C)NC(=O)c1cc2ccc(OC)cc2oc1=O. The Balaban J connectivity index is 2.34. The number of carbonyl (C=O) groups excluding carboxylic acids is 1. The smallest absolute Gasteiger partial charge is 0.349 e. The van der Waals surface area contributed by atoms with Crippen LogP contribution in [-0.4, -0.2) is 32.8 Å². The van der Waals surface area contributed by atoms with Crippen LogP contribution in [0.4, 0.5) is 0 Å². The molecule has 0 aliphatic rings. The van der Waals surface area contributed by atoms with E-state index in [1.165, 1.54) is 13.2 Å². The molecule has 0 bridgehead atoms. The van der Waals surface area contributed by atoms with E-state index in [0.29, 0.717) is 23.3 Å². The fourth-order valence-corrected chi connectivity index (χ4v) is 1.97. The first kappa shape index (κ1) is 15.1. The molecule has 1 heterocycles. The number of methoxy groups -OCH3 is 2. The van der Waals surface area contributed by atoms with E-state index in [1.54, 1.807) is 32.2 Å². The first-order valence-electron chi connectivity index (χ1n) is 6.47. The van der Waals surface area contributed by atoms with Crippen molar-refractivity contribution >= 4 is 16.9 Å². The van der Waals surface area contributed by atoms with Crippen LogP contribution in [0.15, 0.2) is 33.5 Å². The summed E-state index contributed by atoms with van der Waals surface area (Å²) in [6, 6.07) is 6.37. The average molecular weight is 291 g/mol. The van der Waals surface area contributed by atoms with Crippen molar-refractivity contribution in [3.8, 4) is 5.75 Å². The van der Waals surface area contributed by atoms with Crippen molar-refractivity contribution in [2.45, 2.75) is 13.0 Å². The second-order valence-electron chi connectivity index (χ2n) is 4.68. The molecular formula is C15H17NO5. The Hall–Kier alpha value is -2.34. The molecule has 6 heteroatoms. The van der Waals surface area contributed by atoms with Crippen molar-refractivity contribution in [2.24, 2.45) is 0 Å². The van der Waals surface area contributed by atoms with Gasteiger partial charge in [-0.3, -0.25) is 4.79 Å². The van der Waals surface area contributed by atoms with E-state index in [-0.39, 0.29) is 11.6 Å². The van der Waals surface area contributed by atoms with Gasteiger partial charge in [0.05, 0.1) is 13.7 Å². The van der Waals surface area contributed by atoms with E-state index in [4.69, 9.17) is 13.9 Å². The van der Waals surface area contributed by atoms with E-state index in [1.807, 2.05) is 0 Å². The van der Waals surface area contributed by atoms with Gasteiger partial charge >= 0.3 is 5.63 Å². The minimum absolute atomic E-state index is 0.0318. The molecule has 1 aromatic heterocycles. The molecule has 0 saturated carbocycles. The minimum atomic E-state index is -0.683. The lowest BCUT2D eigenvalue weighted by molar-refractivity contribution is 0.0902. The summed E-state index contributed by atoms with van der Waals surface area (Å²) in [5.74, 6) is 0.0996. The molecule has 21 heavy (non-hydrogen) atoms. The van der Waals surface area contributed by atoms with E-state index in [9.17, 15) is 9.59 Å². The molecule has 0 aliphatic carbocycles. The van der Waals surface area contributed by atoms with Gasteiger partial charge in [0.25, 0.3) is 5.91 Å². The normalized spacial score (nSPS) is 12.1. The number of hydrogen-bond acceptors (Lipinski definition) is 5. The highest BCUT2D eigenvalue weighted by Crippen LogP contribution is 2.20. The molecule has 2 aromatic rings. The number of rotatable bonds is 5. The van der Waals surface area contributed by atoms with Crippen molar-refractivity contribution in [3.05, 3.63) is 40.2 Å². The van der Waals surface area contributed by atoms with Crippen LogP contribution < -0.4 is 15.7 Å². The molecule has 1 N–H and O–H groups in total. The Morgan fingerprint density at radius 1 is 1.33 bits per heavy atom. The number of amides is 1. The topological polar surface area (TPSA) is 77.8 Å². The largest absolute Gasteiger partial charge is 0.497 e. The van der Waals surface area contributed by atoms with Crippen LogP contribution >= 0.6 is 0 Å². The zero-order valence-electron chi connectivity index (χ0n) is 12.1. The lowest BCUT2D eigenvalue weighted by Crippen LogP contribution is -2.37. The molecule has 6 nitrogen and oxygen atoms in total. The quantitative estimate of drug-likeness (QED) is 0.846. The third-order valence-electron chi connectivity index (χ3n) is 2.98. The second-order valence-corrected chi connectivity index (χ2v) is 4.68. The van der Waals surface area contributed by atoms with Crippen molar-refractivity contribution in [1.29, 1.82) is 0 Å². The number of nitrogens with one attached hydrogen (secondary N) is 1. The highest BCUT2D eigenvalue weighted by atomic mass is 16.5. The zero-order chi connectivity index (χ0) is 15.4. The number of benzene rings is 1. The van der Waals surface area contributed by atoms with Crippen LogP contribution in [-0.2, 0) is 4.74 Å². The Morgan fingerprint density at radius 2 is 2.10 bits per heavy atom. The maximum atomic E-state index is 12.1. The molecule has 112 valence electrons. The first-order valence-corrected chi connectivity index (χ1v) is 6.47. The molecule has 0 unspecified atom stereocenters. The van der Waals surface area contributed by atoms with Gasteiger partial charge in [-0.2, -0.15) is 0 Å². The maximum Gasteiger partial charge on any atom is 0.349 e. The minimum Gasteiger partial charge on any atom is -0.497 e. The summed E-state index contributed by atoms with van der Waals surface area (Å²) in [4.78, 5) is 24.0. The van der Waals surface area contributed by atoms with Crippen molar-refractivity contribution < 1.29 is 18.7 Å². The summed E-state index contributed by atoms with van der Waals surface area (Å²) in [6.07, 6.45) is 0. The molecule has 2 rings (SSSR count). The van der Waals surface area contributed by atoms with Crippen LogP contribution in [0.2, 0.25) is 0 Å². The highest BCUT2D eigenvalue weighted by molar-refractivity contribution is 5.96. The van der Waals surface area contributed by atoms with Gasteiger partial charge in [-0.05, 0) is 25.1 Å². The standard InChI is InChI=1S/C15H17NO5/c1-9(8-19-2)16-14(17)12-6-10-4-5-11(20-3)7-13(10)21-15(12)18/h4-7,9H,8H2,1-3H3,(H,16,17)/t9-/m1/s1. The lowest BCUT2D eigenvalue weighted by atomic mass is 10.1. The lowest BCUT2D eigenvalue weighted by Gasteiger charge is -2.12. The molecule has 1 atom stereocenters. The van der Waals surface area contributed by atoms with Gasteiger partial charge < -0.3 is 19.2 Å². The predicted molar refractivity (Wildman–Crippen MR) is 77.8 cm³/mol. The van der Waals surface area contributed by atoms with Gasteiger partial charge in [-0.15, -0.1) is 0 Å². The Morgan fingerprint density at radius 3 is 2.76 bits per heavy atom. The van der Waals surface area contributed by atoms with E-state index in [2.05, 4.69) is 5.32 Å². The van der Waals surface area contributed by atoms with Crippen LogP contribution in [0.5, 0.6) is 5.75 Å². The molecule has 1 amide bonds. The molecule has 1 aromatic carbocycles. The van der Waals surface area contributed by atoms with Gasteiger partial charge in [0.2, 0.25) is 0 Å². The molecule has 0 aliphatic heterocycles. The summed E-state index contributed by atoms with van der Waals surface area (Å²) in [5, 5.41) is 3.33. The summed E-state index contributed by atoms with van der Waals surface area (Å²) >= 11 is 0. The van der Waals surface area contributed by atoms with Gasteiger partial charge in [0.1, 0.15) is 16.9 Å². The number of carbonyl (C=O) groups is 1.